The highest BCUT2D eigenvalue weighted by Gasteiger charge is 2.08. The van der Waals surface area contributed by atoms with Crippen molar-refractivity contribution in [3.63, 3.8) is 0 Å². The standard InChI is InChI=1S/C11H25NOS/c1-11(2,3)5-6-12-7-10-14-9-4-8-13/h12-13H,4-10H2,1-3H3. The van der Waals surface area contributed by atoms with Gasteiger partial charge in [-0.3, -0.25) is 0 Å². The number of hydrogen-bond donors (Lipinski definition) is 2. The lowest BCUT2D eigenvalue weighted by molar-refractivity contribution is 0.296. The fourth-order valence-corrected chi connectivity index (χ4v) is 1.83. The minimum absolute atomic E-state index is 0.324. The first kappa shape index (κ1) is 14.3. The average molecular weight is 219 g/mol. The monoisotopic (exact) mass is 219 g/mol. The molecule has 2 N–H and O–H groups in total. The van der Waals surface area contributed by atoms with E-state index < -0.39 is 0 Å². The van der Waals surface area contributed by atoms with Crippen molar-refractivity contribution in [3.05, 3.63) is 0 Å². The molecule has 2 nitrogen and oxygen atoms in total. The predicted molar refractivity (Wildman–Crippen MR) is 66.0 cm³/mol. The Bertz CT molecular complexity index is 123. The van der Waals surface area contributed by atoms with E-state index in [9.17, 15) is 0 Å². The SMILES string of the molecule is CC(C)(C)CCNCCSCCCO. The van der Waals surface area contributed by atoms with Crippen LogP contribution in [0, 0.1) is 5.41 Å². The molecule has 86 valence electrons. The zero-order chi connectivity index (χ0) is 10.9. The van der Waals surface area contributed by atoms with Gasteiger partial charge in [0, 0.05) is 18.9 Å². The first-order chi connectivity index (χ1) is 6.56. The van der Waals surface area contributed by atoms with Gasteiger partial charge in [0.15, 0.2) is 0 Å². The summed E-state index contributed by atoms with van der Waals surface area (Å²) in [6.45, 7) is 9.33. The quantitative estimate of drug-likeness (QED) is 0.613. The molecule has 0 aliphatic carbocycles. The summed E-state index contributed by atoms with van der Waals surface area (Å²) in [7, 11) is 0. The molecule has 0 saturated heterocycles. The maximum absolute atomic E-state index is 8.57. The van der Waals surface area contributed by atoms with Gasteiger partial charge in [-0.25, -0.2) is 0 Å². The van der Waals surface area contributed by atoms with Gasteiger partial charge in [0.1, 0.15) is 0 Å². The molecule has 0 atom stereocenters. The summed E-state index contributed by atoms with van der Waals surface area (Å²) in [6, 6.07) is 0. The van der Waals surface area contributed by atoms with E-state index in [1.165, 1.54) is 6.42 Å². The maximum atomic E-state index is 8.57. The Labute approximate surface area is 92.9 Å². The molecule has 0 radical (unpaired) electrons. The van der Waals surface area contributed by atoms with Crippen molar-refractivity contribution in [1.82, 2.24) is 5.32 Å². The van der Waals surface area contributed by atoms with Crippen LogP contribution in [-0.4, -0.2) is 36.3 Å². The van der Waals surface area contributed by atoms with Gasteiger partial charge in [0.25, 0.3) is 0 Å². The first-order valence-corrected chi connectivity index (χ1v) is 6.61. The van der Waals surface area contributed by atoms with Crippen molar-refractivity contribution in [2.24, 2.45) is 5.41 Å². The van der Waals surface area contributed by atoms with Gasteiger partial charge in [0.05, 0.1) is 0 Å². The molecule has 0 fully saturated rings. The smallest absolute Gasteiger partial charge is 0.0438 e. The second kappa shape index (κ2) is 8.57. The lowest BCUT2D eigenvalue weighted by atomic mass is 9.92. The third-order valence-electron chi connectivity index (χ3n) is 1.92. The highest BCUT2D eigenvalue weighted by Crippen LogP contribution is 2.16. The van der Waals surface area contributed by atoms with E-state index >= 15 is 0 Å². The van der Waals surface area contributed by atoms with E-state index in [2.05, 4.69) is 26.1 Å². The summed E-state index contributed by atoms with van der Waals surface area (Å²) in [6.07, 6.45) is 2.15. The van der Waals surface area contributed by atoms with E-state index in [0.29, 0.717) is 12.0 Å². The molecule has 0 spiro atoms. The normalized spacial score (nSPS) is 12.0. The van der Waals surface area contributed by atoms with Crippen LogP contribution in [0.3, 0.4) is 0 Å². The van der Waals surface area contributed by atoms with Crippen LogP contribution in [0.25, 0.3) is 0 Å². The molecule has 0 bridgehead atoms. The number of thioether (sulfide) groups is 1. The van der Waals surface area contributed by atoms with Gasteiger partial charge in [-0.2, -0.15) is 11.8 Å². The maximum Gasteiger partial charge on any atom is 0.0438 e. The summed E-state index contributed by atoms with van der Waals surface area (Å²) in [5.74, 6) is 2.24. The largest absolute Gasteiger partial charge is 0.396 e. The third kappa shape index (κ3) is 12.3. The Morgan fingerprint density at radius 3 is 2.43 bits per heavy atom. The lowest BCUT2D eigenvalue weighted by Crippen LogP contribution is -2.22. The second-order valence-electron chi connectivity index (χ2n) is 4.75. The van der Waals surface area contributed by atoms with Crippen molar-refractivity contribution >= 4 is 11.8 Å². The van der Waals surface area contributed by atoms with Crippen molar-refractivity contribution in [3.8, 4) is 0 Å². The molecule has 0 heterocycles. The molecular formula is C11H25NOS. The van der Waals surface area contributed by atoms with Crippen LogP contribution in [-0.2, 0) is 0 Å². The Kier molecular flexibility index (Phi) is 8.73. The minimum atomic E-state index is 0.324. The third-order valence-corrected chi connectivity index (χ3v) is 2.99. The molecule has 0 rings (SSSR count). The summed E-state index contributed by atoms with van der Waals surface area (Å²) in [5, 5.41) is 12.0. The highest BCUT2D eigenvalue weighted by atomic mass is 32.2. The minimum Gasteiger partial charge on any atom is -0.396 e. The van der Waals surface area contributed by atoms with E-state index in [-0.39, 0.29) is 0 Å². The van der Waals surface area contributed by atoms with E-state index in [4.69, 9.17) is 5.11 Å². The summed E-state index contributed by atoms with van der Waals surface area (Å²) in [5.41, 5.74) is 0.441. The number of nitrogens with one attached hydrogen (secondary N) is 1. The van der Waals surface area contributed by atoms with Crippen LogP contribution < -0.4 is 5.32 Å². The van der Waals surface area contributed by atoms with E-state index in [0.717, 1.165) is 31.0 Å². The first-order valence-electron chi connectivity index (χ1n) is 5.45. The molecule has 14 heavy (non-hydrogen) atoms. The fraction of sp³-hybridized carbons (Fsp3) is 1.00. The van der Waals surface area contributed by atoms with Crippen molar-refractivity contribution in [1.29, 1.82) is 0 Å². The van der Waals surface area contributed by atoms with Crippen LogP contribution in [0.15, 0.2) is 0 Å². The molecule has 0 aromatic carbocycles. The topological polar surface area (TPSA) is 32.3 Å². The number of aliphatic hydroxyl groups excluding tert-OH is 1. The molecular weight excluding hydrogens is 194 g/mol. The molecule has 0 aromatic rings. The molecule has 0 saturated carbocycles. The van der Waals surface area contributed by atoms with Gasteiger partial charge in [-0.15, -0.1) is 0 Å². The lowest BCUT2D eigenvalue weighted by Gasteiger charge is -2.17. The van der Waals surface area contributed by atoms with Crippen LogP contribution in [0.1, 0.15) is 33.6 Å². The van der Waals surface area contributed by atoms with Gasteiger partial charge < -0.3 is 10.4 Å². The number of aliphatic hydroxyl groups is 1. The average Bonchev–Trinajstić information content (AvgIpc) is 2.08. The molecule has 0 amide bonds. The van der Waals surface area contributed by atoms with E-state index in [1.54, 1.807) is 0 Å². The zero-order valence-corrected chi connectivity index (χ0v) is 10.6. The van der Waals surface area contributed by atoms with Crippen LogP contribution in [0.2, 0.25) is 0 Å². The summed E-state index contributed by atoms with van der Waals surface area (Å²) >= 11 is 1.91. The Morgan fingerprint density at radius 1 is 1.14 bits per heavy atom. The Hall–Kier alpha value is 0.270. The molecule has 0 aliphatic rings. The predicted octanol–water partition coefficient (Wildman–Crippen LogP) is 2.13. The van der Waals surface area contributed by atoms with E-state index in [1.807, 2.05) is 11.8 Å². The van der Waals surface area contributed by atoms with Crippen molar-refractivity contribution in [2.75, 3.05) is 31.2 Å². The number of rotatable bonds is 8. The molecule has 3 heteroatoms. The van der Waals surface area contributed by atoms with Crippen molar-refractivity contribution < 1.29 is 5.11 Å². The molecule has 0 aliphatic heterocycles. The van der Waals surface area contributed by atoms with Gasteiger partial charge in [-0.05, 0) is 30.6 Å². The zero-order valence-electron chi connectivity index (χ0n) is 9.81. The van der Waals surface area contributed by atoms with Gasteiger partial charge in [-0.1, -0.05) is 20.8 Å². The highest BCUT2D eigenvalue weighted by molar-refractivity contribution is 7.99. The van der Waals surface area contributed by atoms with Crippen LogP contribution in [0.4, 0.5) is 0 Å². The van der Waals surface area contributed by atoms with Crippen LogP contribution >= 0.6 is 11.8 Å². The fourth-order valence-electron chi connectivity index (χ4n) is 1.00. The second-order valence-corrected chi connectivity index (χ2v) is 5.97. The van der Waals surface area contributed by atoms with Gasteiger partial charge in [0.2, 0.25) is 0 Å². The summed E-state index contributed by atoms with van der Waals surface area (Å²) in [4.78, 5) is 0. The van der Waals surface area contributed by atoms with Crippen molar-refractivity contribution in [2.45, 2.75) is 33.6 Å². The molecule has 0 aromatic heterocycles. The van der Waals surface area contributed by atoms with Gasteiger partial charge >= 0.3 is 0 Å². The Balaban J connectivity index is 2.99. The molecule has 0 unspecified atom stereocenters. The Morgan fingerprint density at radius 2 is 1.86 bits per heavy atom. The number of hydrogen-bond acceptors (Lipinski definition) is 3. The summed E-state index contributed by atoms with van der Waals surface area (Å²) < 4.78 is 0. The van der Waals surface area contributed by atoms with Crippen LogP contribution in [0.5, 0.6) is 0 Å².